The lowest BCUT2D eigenvalue weighted by Gasteiger charge is -2.26. The fourth-order valence-corrected chi connectivity index (χ4v) is 4.06. The highest BCUT2D eigenvalue weighted by atomic mass is 32.2. The van der Waals surface area contributed by atoms with Gasteiger partial charge in [0.05, 0.1) is 12.2 Å². The number of sulfonamides is 1. The van der Waals surface area contributed by atoms with Crippen LogP contribution in [-0.2, 0) is 23.0 Å². The Hall–Kier alpha value is -3.45. The molecule has 1 unspecified atom stereocenters. The van der Waals surface area contributed by atoms with Crippen LogP contribution in [0.2, 0.25) is 0 Å². The van der Waals surface area contributed by atoms with Gasteiger partial charge in [-0.25, -0.2) is 13.0 Å². The van der Waals surface area contributed by atoms with E-state index in [9.17, 15) is 21.6 Å². The lowest BCUT2D eigenvalue weighted by atomic mass is 9.98. The van der Waals surface area contributed by atoms with Crippen LogP contribution in [0.3, 0.4) is 0 Å². The molecule has 1 aromatic heterocycles. The van der Waals surface area contributed by atoms with Gasteiger partial charge in [-0.05, 0) is 49.3 Å². The van der Waals surface area contributed by atoms with Crippen molar-refractivity contribution in [1.82, 2.24) is 9.55 Å². The fourth-order valence-electron chi connectivity index (χ4n) is 3.55. The highest BCUT2D eigenvalue weighted by Crippen LogP contribution is 2.46. The number of fused-ring (bicyclic) bond motifs is 1. The van der Waals surface area contributed by atoms with E-state index >= 15 is 0 Å². The van der Waals surface area contributed by atoms with E-state index in [1.807, 2.05) is 6.92 Å². The summed E-state index contributed by atoms with van der Waals surface area (Å²) in [6, 6.07) is 2.79. The van der Waals surface area contributed by atoms with Crippen molar-refractivity contribution in [3.05, 3.63) is 50.8 Å². The molecule has 9 nitrogen and oxygen atoms in total. The maximum Gasteiger partial charge on any atom is 0.483 e. The van der Waals surface area contributed by atoms with Crippen LogP contribution in [0.4, 0.5) is 42.1 Å². The first-order valence-electron chi connectivity index (χ1n) is 9.54. The van der Waals surface area contributed by atoms with Crippen LogP contribution in [0.15, 0.2) is 22.4 Å². The van der Waals surface area contributed by atoms with Crippen molar-refractivity contribution in [2.45, 2.75) is 51.1 Å². The number of aromatic nitrogens is 2. The van der Waals surface area contributed by atoms with Crippen molar-refractivity contribution in [3.63, 3.8) is 0 Å². The molecule has 2 aromatic rings. The van der Waals surface area contributed by atoms with Gasteiger partial charge in [-0.2, -0.15) is 13.2 Å². The van der Waals surface area contributed by atoms with Crippen LogP contribution in [0, 0.1) is 13.1 Å². The zero-order valence-corrected chi connectivity index (χ0v) is 17.9. The Morgan fingerprint density at radius 3 is 2.53 bits per heavy atom. The van der Waals surface area contributed by atoms with Gasteiger partial charge in [0.15, 0.2) is 10.0 Å². The number of aryl methyl sites for hydroxylation is 1. The molecule has 3 rings (SSSR count). The van der Waals surface area contributed by atoms with E-state index in [1.165, 1.54) is 16.7 Å². The van der Waals surface area contributed by atoms with Gasteiger partial charge in [-0.3, -0.25) is 0 Å². The van der Waals surface area contributed by atoms with Gasteiger partial charge < -0.3 is 14.4 Å². The average Bonchev–Trinajstić information content (AvgIpc) is 3.30. The Morgan fingerprint density at radius 2 is 1.97 bits per heavy atom. The molecule has 13 heteroatoms. The summed E-state index contributed by atoms with van der Waals surface area (Å²) in [7, 11) is -5.80. The van der Waals surface area contributed by atoms with E-state index in [4.69, 9.17) is 13.1 Å². The Morgan fingerprint density at radius 1 is 1.25 bits per heavy atom. The SMILES string of the molecule is [C-]#[N+]c1nc(N=Nc2cc3c(cc2[N-]S(=O)(=O)C(F)(F)F)C(CC)CC3)n(CC)c1[N+]#[C-]. The summed E-state index contributed by atoms with van der Waals surface area (Å²) >= 11 is 0. The van der Waals surface area contributed by atoms with Crippen LogP contribution >= 0.6 is 0 Å². The van der Waals surface area contributed by atoms with Crippen molar-refractivity contribution in [2.24, 2.45) is 10.2 Å². The molecule has 0 saturated heterocycles. The molecule has 1 aromatic carbocycles. The van der Waals surface area contributed by atoms with Crippen molar-refractivity contribution in [2.75, 3.05) is 0 Å². The van der Waals surface area contributed by atoms with E-state index in [1.54, 1.807) is 6.92 Å². The number of alkyl halides is 3. The van der Waals surface area contributed by atoms with Crippen LogP contribution in [0.1, 0.15) is 43.7 Å². The van der Waals surface area contributed by atoms with Crippen molar-refractivity contribution in [3.8, 4) is 0 Å². The summed E-state index contributed by atoms with van der Waals surface area (Å²) in [5.41, 5.74) is -4.64. The van der Waals surface area contributed by atoms with Crippen molar-refractivity contribution in [1.29, 1.82) is 0 Å². The molecule has 1 atom stereocenters. The highest BCUT2D eigenvalue weighted by Gasteiger charge is 2.39. The molecular formula is C19H17F3N7O2S-. The normalized spacial score (nSPS) is 16.0. The van der Waals surface area contributed by atoms with Gasteiger partial charge in [0, 0.05) is 0 Å². The molecule has 32 heavy (non-hydrogen) atoms. The Bertz CT molecular complexity index is 1270. The molecule has 0 saturated carbocycles. The van der Waals surface area contributed by atoms with Gasteiger partial charge in [0.1, 0.15) is 0 Å². The maximum absolute atomic E-state index is 12.9. The standard InChI is InChI=1S/C19H17F3N7O2S/c1-5-11-7-8-12-9-14(15(10-13(11)12)28-32(30,31)19(20,21)22)26-27-18-25-16(23-3)17(24-4)29(18)6-2/h9-11H,5-8H2,1-2H3/q-1. The van der Waals surface area contributed by atoms with E-state index in [0.717, 1.165) is 24.0 Å². The van der Waals surface area contributed by atoms with Gasteiger partial charge >= 0.3 is 11.5 Å². The second-order valence-corrected chi connectivity index (χ2v) is 8.52. The lowest BCUT2D eigenvalue weighted by molar-refractivity contribution is -0.0425. The van der Waals surface area contributed by atoms with Gasteiger partial charge in [0.25, 0.3) is 11.6 Å². The first-order chi connectivity index (χ1) is 15.1. The number of hydrogen-bond acceptors (Lipinski definition) is 5. The van der Waals surface area contributed by atoms with E-state index < -0.39 is 21.2 Å². The van der Waals surface area contributed by atoms with Gasteiger partial charge in [-0.15, -0.1) is 5.11 Å². The summed E-state index contributed by atoms with van der Waals surface area (Å²) in [4.78, 5) is 10.4. The quantitative estimate of drug-likeness (QED) is 0.351. The summed E-state index contributed by atoms with van der Waals surface area (Å²) in [5.74, 6) is -0.234. The average molecular weight is 464 g/mol. The fraction of sp³-hybridized carbons (Fsp3) is 0.421. The molecule has 1 heterocycles. The minimum atomic E-state index is -5.80. The molecule has 0 radical (unpaired) electrons. The zero-order chi connectivity index (χ0) is 23.7. The molecule has 168 valence electrons. The third-order valence-corrected chi connectivity index (χ3v) is 6.14. The Labute approximate surface area is 182 Å². The lowest BCUT2D eigenvalue weighted by Crippen LogP contribution is -2.21. The molecule has 0 bridgehead atoms. The topological polar surface area (TPSA) is 99.5 Å². The number of hydrogen-bond donors (Lipinski definition) is 0. The number of nitrogens with zero attached hydrogens (tertiary/aromatic N) is 7. The van der Waals surface area contributed by atoms with Gasteiger partial charge in [-0.1, -0.05) is 41.9 Å². The smallest absolute Gasteiger partial charge is 0.483 e. The summed E-state index contributed by atoms with van der Waals surface area (Å²) in [6.07, 6.45) is 2.18. The molecule has 0 aliphatic heterocycles. The minimum absolute atomic E-state index is 0.0410. The summed E-state index contributed by atoms with van der Waals surface area (Å²) in [5, 5.41) is 7.81. The molecule has 0 amide bonds. The molecule has 1 aliphatic rings. The van der Waals surface area contributed by atoms with E-state index in [-0.39, 0.29) is 35.7 Å². The predicted octanol–water partition coefficient (Wildman–Crippen LogP) is 6.71. The summed E-state index contributed by atoms with van der Waals surface area (Å²) in [6.45, 7) is 18.2. The number of imidazole rings is 1. The number of azo groups is 1. The Balaban J connectivity index is 2.12. The molecule has 0 fully saturated rings. The second-order valence-electron chi connectivity index (χ2n) is 6.92. The van der Waals surface area contributed by atoms with Crippen LogP contribution in [0.25, 0.3) is 14.4 Å². The first kappa shape index (κ1) is 23.2. The number of rotatable bonds is 6. The minimum Gasteiger partial charge on any atom is -0.568 e. The zero-order valence-electron chi connectivity index (χ0n) is 17.0. The summed E-state index contributed by atoms with van der Waals surface area (Å²) < 4.78 is 66.5. The molecule has 0 N–H and O–H groups in total. The second kappa shape index (κ2) is 8.59. The molecule has 0 spiro atoms. The molecular weight excluding hydrogens is 447 g/mol. The van der Waals surface area contributed by atoms with Crippen molar-refractivity contribution >= 4 is 39.0 Å². The first-order valence-corrected chi connectivity index (χ1v) is 11.0. The van der Waals surface area contributed by atoms with Gasteiger partial charge in [0.2, 0.25) is 0 Å². The largest absolute Gasteiger partial charge is 0.568 e. The molecule has 1 aliphatic carbocycles. The Kier molecular flexibility index (Phi) is 6.23. The predicted molar refractivity (Wildman–Crippen MR) is 110 cm³/mol. The number of benzene rings is 1. The maximum atomic E-state index is 12.9. The van der Waals surface area contributed by atoms with E-state index in [2.05, 4.69) is 29.6 Å². The third-order valence-electron chi connectivity index (χ3n) is 5.12. The third kappa shape index (κ3) is 4.16. The number of halogens is 3. The van der Waals surface area contributed by atoms with Crippen molar-refractivity contribution < 1.29 is 21.6 Å². The van der Waals surface area contributed by atoms with Crippen LogP contribution < -0.4 is 0 Å². The van der Waals surface area contributed by atoms with Crippen LogP contribution in [-0.4, -0.2) is 23.5 Å². The monoisotopic (exact) mass is 464 g/mol. The van der Waals surface area contributed by atoms with Crippen LogP contribution in [0.5, 0.6) is 0 Å². The highest BCUT2D eigenvalue weighted by molar-refractivity contribution is 7.95. The van der Waals surface area contributed by atoms with E-state index in [0.29, 0.717) is 6.42 Å².